The Hall–Kier alpha value is -4.64. The first-order valence-corrected chi connectivity index (χ1v) is 10.5. The number of aromatic nitrogens is 2. The lowest BCUT2D eigenvalue weighted by molar-refractivity contribution is -0.386. The van der Waals surface area contributed by atoms with Gasteiger partial charge in [-0.05, 0) is 42.3 Å². The van der Waals surface area contributed by atoms with Gasteiger partial charge in [0.15, 0.2) is 11.6 Å². The van der Waals surface area contributed by atoms with E-state index in [4.69, 9.17) is 9.47 Å². The van der Waals surface area contributed by atoms with Crippen molar-refractivity contribution in [2.75, 3.05) is 7.11 Å². The first-order chi connectivity index (χ1) is 16.4. The van der Waals surface area contributed by atoms with Crippen LogP contribution in [0, 0.1) is 28.4 Å². The maximum atomic E-state index is 11.9. The van der Waals surface area contributed by atoms with E-state index >= 15 is 0 Å². The Morgan fingerprint density at radius 1 is 1.21 bits per heavy atom. The zero-order valence-electron chi connectivity index (χ0n) is 19.0. The van der Waals surface area contributed by atoms with Gasteiger partial charge in [-0.2, -0.15) is 5.26 Å². The standard InChI is InChI=1S/C26H22N4O4/c1-17-8-10-18(11-9-17)16-34-25-23(30(31)32)13-19(14-24(25)33-3)12-20(15-27)26-28-21-6-4-5-7-22(21)29(26)2/h4-14H,16H2,1-3H3/b20-12-. The van der Waals surface area contributed by atoms with Gasteiger partial charge >= 0.3 is 5.69 Å². The Kier molecular flexibility index (Phi) is 6.28. The number of aryl methyl sites for hydroxylation is 2. The van der Waals surface area contributed by atoms with Crippen molar-refractivity contribution in [3.05, 3.63) is 93.3 Å². The van der Waals surface area contributed by atoms with Crippen LogP contribution in [0.5, 0.6) is 11.5 Å². The summed E-state index contributed by atoms with van der Waals surface area (Å²) in [7, 11) is 3.24. The molecule has 4 rings (SSSR count). The number of nitriles is 1. The zero-order chi connectivity index (χ0) is 24.2. The summed E-state index contributed by atoms with van der Waals surface area (Å²) in [6.07, 6.45) is 1.56. The fraction of sp³-hybridized carbons (Fsp3) is 0.154. The highest BCUT2D eigenvalue weighted by atomic mass is 16.6. The second-order valence-corrected chi connectivity index (χ2v) is 7.76. The normalized spacial score (nSPS) is 11.3. The number of rotatable bonds is 7. The molecule has 0 bridgehead atoms. The van der Waals surface area contributed by atoms with Gasteiger partial charge in [-0.25, -0.2) is 4.98 Å². The molecule has 1 heterocycles. The number of nitrogens with zero attached hydrogens (tertiary/aromatic N) is 4. The van der Waals surface area contributed by atoms with Gasteiger partial charge in [0.1, 0.15) is 12.7 Å². The van der Waals surface area contributed by atoms with Gasteiger partial charge in [0, 0.05) is 13.1 Å². The molecule has 0 saturated carbocycles. The molecule has 34 heavy (non-hydrogen) atoms. The maximum absolute atomic E-state index is 11.9. The molecule has 3 aromatic carbocycles. The summed E-state index contributed by atoms with van der Waals surface area (Å²) >= 11 is 0. The average Bonchev–Trinajstić information content (AvgIpc) is 3.18. The SMILES string of the molecule is COc1cc(/C=C(/C#N)c2nc3ccccc3n2C)cc([N+](=O)[O-])c1OCc1ccc(C)cc1. The van der Waals surface area contributed by atoms with Crippen LogP contribution in [0.3, 0.4) is 0 Å². The molecule has 0 atom stereocenters. The van der Waals surface area contributed by atoms with Crippen molar-refractivity contribution in [3.8, 4) is 17.6 Å². The number of nitro groups is 1. The number of para-hydroxylation sites is 2. The summed E-state index contributed by atoms with van der Waals surface area (Å²) < 4.78 is 13.0. The monoisotopic (exact) mass is 454 g/mol. The smallest absolute Gasteiger partial charge is 0.315 e. The van der Waals surface area contributed by atoms with Gasteiger partial charge in [-0.3, -0.25) is 10.1 Å². The number of fused-ring (bicyclic) bond motifs is 1. The van der Waals surface area contributed by atoms with Crippen molar-refractivity contribution in [1.82, 2.24) is 9.55 Å². The quantitative estimate of drug-likeness (QED) is 0.209. The van der Waals surface area contributed by atoms with Crippen molar-refractivity contribution in [2.24, 2.45) is 7.05 Å². The Bertz CT molecular complexity index is 1450. The van der Waals surface area contributed by atoms with Crippen molar-refractivity contribution >= 4 is 28.4 Å². The first kappa shape index (κ1) is 22.6. The third kappa shape index (κ3) is 4.45. The molecule has 8 nitrogen and oxygen atoms in total. The second-order valence-electron chi connectivity index (χ2n) is 7.76. The van der Waals surface area contributed by atoms with Crippen LogP contribution >= 0.6 is 0 Å². The molecule has 170 valence electrons. The van der Waals surface area contributed by atoms with Crippen molar-refractivity contribution < 1.29 is 14.4 Å². The van der Waals surface area contributed by atoms with Gasteiger partial charge in [0.25, 0.3) is 0 Å². The molecule has 0 radical (unpaired) electrons. The molecule has 0 saturated heterocycles. The number of benzene rings is 3. The van der Waals surface area contributed by atoms with Gasteiger partial charge in [-0.15, -0.1) is 0 Å². The number of nitro benzene ring substituents is 1. The summed E-state index contributed by atoms with van der Waals surface area (Å²) in [6.45, 7) is 2.13. The van der Waals surface area contributed by atoms with E-state index in [-0.39, 0.29) is 29.4 Å². The van der Waals surface area contributed by atoms with Crippen LogP contribution in [-0.2, 0) is 13.7 Å². The highest BCUT2D eigenvalue weighted by Gasteiger charge is 2.23. The summed E-state index contributed by atoms with van der Waals surface area (Å²) in [5.74, 6) is 0.700. The zero-order valence-corrected chi connectivity index (χ0v) is 19.0. The Morgan fingerprint density at radius 2 is 1.94 bits per heavy atom. The third-order valence-electron chi connectivity index (χ3n) is 5.44. The van der Waals surface area contributed by atoms with Crippen molar-refractivity contribution in [3.63, 3.8) is 0 Å². The number of ether oxygens (including phenoxy) is 2. The van der Waals surface area contributed by atoms with Crippen LogP contribution in [0.4, 0.5) is 5.69 Å². The first-order valence-electron chi connectivity index (χ1n) is 10.5. The predicted octanol–water partition coefficient (Wildman–Crippen LogP) is 5.44. The van der Waals surface area contributed by atoms with E-state index in [1.165, 1.54) is 13.2 Å². The molecule has 0 amide bonds. The third-order valence-corrected chi connectivity index (χ3v) is 5.44. The summed E-state index contributed by atoms with van der Waals surface area (Å²) in [5.41, 5.74) is 4.06. The van der Waals surface area contributed by atoms with Crippen LogP contribution in [0.2, 0.25) is 0 Å². The van der Waals surface area contributed by atoms with E-state index in [1.54, 1.807) is 12.1 Å². The molecule has 8 heteroatoms. The molecule has 0 aliphatic heterocycles. The molecule has 0 aliphatic rings. The molecule has 0 N–H and O–H groups in total. The molecule has 0 aliphatic carbocycles. The van der Waals surface area contributed by atoms with E-state index in [9.17, 15) is 15.4 Å². The van der Waals surface area contributed by atoms with E-state index in [0.717, 1.165) is 22.2 Å². The Morgan fingerprint density at radius 3 is 2.59 bits per heavy atom. The van der Waals surface area contributed by atoms with Crippen molar-refractivity contribution in [1.29, 1.82) is 5.26 Å². The summed E-state index contributed by atoms with van der Waals surface area (Å²) in [6, 6.07) is 20.4. The van der Waals surface area contributed by atoms with E-state index in [1.807, 2.05) is 67.1 Å². The maximum Gasteiger partial charge on any atom is 0.315 e. The minimum Gasteiger partial charge on any atom is -0.493 e. The number of allylic oxidation sites excluding steroid dienone is 1. The summed E-state index contributed by atoms with van der Waals surface area (Å²) in [5, 5.41) is 21.7. The molecule has 1 aromatic heterocycles. The van der Waals surface area contributed by atoms with Crippen LogP contribution in [0.15, 0.2) is 60.7 Å². The molecule has 0 spiro atoms. The molecular formula is C26H22N4O4. The summed E-state index contributed by atoms with van der Waals surface area (Å²) in [4.78, 5) is 15.9. The van der Waals surface area contributed by atoms with Crippen molar-refractivity contribution in [2.45, 2.75) is 13.5 Å². The highest BCUT2D eigenvalue weighted by Crippen LogP contribution is 2.39. The van der Waals surface area contributed by atoms with Crippen LogP contribution in [-0.4, -0.2) is 21.6 Å². The average molecular weight is 454 g/mol. The number of methoxy groups -OCH3 is 1. The minimum absolute atomic E-state index is 0.0338. The highest BCUT2D eigenvalue weighted by molar-refractivity contribution is 5.91. The van der Waals surface area contributed by atoms with Gasteiger partial charge in [-0.1, -0.05) is 42.0 Å². The lowest BCUT2D eigenvalue weighted by Gasteiger charge is -2.12. The molecule has 4 aromatic rings. The van der Waals surface area contributed by atoms with Gasteiger partial charge in [0.05, 0.1) is 28.6 Å². The van der Waals surface area contributed by atoms with E-state index < -0.39 is 4.92 Å². The van der Waals surface area contributed by atoms with E-state index in [2.05, 4.69) is 11.1 Å². The minimum atomic E-state index is -0.522. The lowest BCUT2D eigenvalue weighted by atomic mass is 10.1. The van der Waals surface area contributed by atoms with Gasteiger partial charge in [0.2, 0.25) is 5.75 Å². The predicted molar refractivity (Wildman–Crippen MR) is 129 cm³/mol. The Balaban J connectivity index is 1.74. The molecule has 0 fully saturated rings. The fourth-order valence-corrected chi connectivity index (χ4v) is 3.66. The van der Waals surface area contributed by atoms with E-state index in [0.29, 0.717) is 11.4 Å². The number of hydrogen-bond donors (Lipinski definition) is 0. The second kappa shape index (κ2) is 9.46. The number of hydrogen-bond acceptors (Lipinski definition) is 6. The topological polar surface area (TPSA) is 103 Å². The van der Waals surface area contributed by atoms with Crippen LogP contribution in [0.25, 0.3) is 22.7 Å². The lowest BCUT2D eigenvalue weighted by Crippen LogP contribution is -2.02. The van der Waals surface area contributed by atoms with Crippen LogP contribution in [0.1, 0.15) is 22.5 Å². The van der Waals surface area contributed by atoms with Gasteiger partial charge < -0.3 is 14.0 Å². The largest absolute Gasteiger partial charge is 0.493 e. The van der Waals surface area contributed by atoms with Crippen LogP contribution < -0.4 is 9.47 Å². The molecular weight excluding hydrogens is 432 g/mol. The number of imidazole rings is 1. The fourth-order valence-electron chi connectivity index (χ4n) is 3.66. The molecule has 0 unspecified atom stereocenters. The Labute approximate surface area is 196 Å².